The van der Waals surface area contributed by atoms with Crippen LogP contribution >= 0.6 is 0 Å². The molecule has 2 amide bonds. The average molecular weight is 706 g/mol. The third kappa shape index (κ3) is 7.51. The molecule has 0 N–H and O–H groups in total. The van der Waals surface area contributed by atoms with Gasteiger partial charge in [-0.3, -0.25) is 14.2 Å². The summed E-state index contributed by atoms with van der Waals surface area (Å²) in [5.41, 5.74) is 4.80. The molecule has 7 rings (SSSR count). The highest BCUT2D eigenvalue weighted by molar-refractivity contribution is 5.78. The number of amides is 2. The van der Waals surface area contributed by atoms with Crippen LogP contribution in [0.4, 0.5) is 25.1 Å². The number of carbonyl (C=O) groups excluding carboxylic acids is 2. The molecular formula is C39H53F2N7O3. The maximum Gasteiger partial charge on any atom is 0.410 e. The van der Waals surface area contributed by atoms with Crippen LogP contribution in [0.5, 0.6) is 0 Å². The third-order valence-corrected chi connectivity index (χ3v) is 11.5. The van der Waals surface area contributed by atoms with E-state index in [9.17, 15) is 18.4 Å². The Labute approximate surface area is 300 Å². The molecule has 12 heteroatoms. The molecule has 51 heavy (non-hydrogen) atoms. The van der Waals surface area contributed by atoms with E-state index in [0.29, 0.717) is 42.6 Å². The van der Waals surface area contributed by atoms with Crippen molar-refractivity contribution in [3.63, 3.8) is 0 Å². The normalized spacial score (nSPS) is 21.5. The largest absolute Gasteiger partial charge is 0.444 e. The minimum absolute atomic E-state index is 0.00106. The van der Waals surface area contributed by atoms with Crippen LogP contribution in [0, 0.1) is 11.8 Å². The zero-order valence-corrected chi connectivity index (χ0v) is 30.8. The van der Waals surface area contributed by atoms with Gasteiger partial charge in [0, 0.05) is 80.8 Å². The molecule has 0 radical (unpaired) electrons. The predicted molar refractivity (Wildman–Crippen MR) is 192 cm³/mol. The lowest BCUT2D eigenvalue weighted by molar-refractivity contribution is -0.129. The number of ether oxygens (including phenoxy) is 1. The number of aromatic nitrogens is 4. The fourth-order valence-electron chi connectivity index (χ4n) is 8.85. The van der Waals surface area contributed by atoms with Gasteiger partial charge in [0.05, 0.1) is 18.8 Å². The fraction of sp³-hybridized carbons (Fsp3) is 0.641. The second-order valence-corrected chi connectivity index (χ2v) is 16.2. The van der Waals surface area contributed by atoms with E-state index in [1.165, 1.54) is 12.1 Å². The van der Waals surface area contributed by atoms with Crippen LogP contribution in [0.1, 0.15) is 114 Å². The van der Waals surface area contributed by atoms with Crippen molar-refractivity contribution in [2.75, 3.05) is 31.1 Å². The number of likely N-dealkylation sites (tertiary alicyclic amines) is 1. The Morgan fingerprint density at radius 1 is 0.961 bits per heavy atom. The van der Waals surface area contributed by atoms with E-state index in [-0.39, 0.29) is 23.6 Å². The highest BCUT2D eigenvalue weighted by atomic mass is 19.3. The van der Waals surface area contributed by atoms with Crippen LogP contribution in [-0.2, 0) is 36.0 Å². The van der Waals surface area contributed by atoms with Crippen LogP contribution in [0.3, 0.4) is 0 Å². The Bertz CT molecular complexity index is 1750. The Balaban J connectivity index is 1.09. The van der Waals surface area contributed by atoms with Crippen molar-refractivity contribution in [3.05, 3.63) is 46.9 Å². The molecule has 1 saturated carbocycles. The number of halogens is 2. The second kappa shape index (κ2) is 14.2. The third-order valence-electron chi connectivity index (χ3n) is 11.5. The number of anilines is 2. The van der Waals surface area contributed by atoms with Crippen molar-refractivity contribution in [2.45, 2.75) is 117 Å². The Morgan fingerprint density at radius 3 is 2.33 bits per heavy atom. The molecule has 1 aliphatic carbocycles. The number of hydrogen-bond acceptors (Lipinski definition) is 6. The number of nitrogens with zero attached hydrogens (tertiary/aromatic N) is 7. The number of piperidine rings is 1. The summed E-state index contributed by atoms with van der Waals surface area (Å²) in [5, 5.41) is 9.57. The van der Waals surface area contributed by atoms with Gasteiger partial charge in [0.25, 0.3) is 6.43 Å². The number of carbonyl (C=O) groups is 2. The summed E-state index contributed by atoms with van der Waals surface area (Å²) < 4.78 is 38.7. The van der Waals surface area contributed by atoms with E-state index in [2.05, 4.69) is 14.7 Å². The maximum absolute atomic E-state index is 14.6. The number of aryl methyl sites for hydroxylation is 2. The van der Waals surface area contributed by atoms with E-state index in [1.54, 1.807) is 37.1 Å². The maximum atomic E-state index is 14.6. The van der Waals surface area contributed by atoms with Crippen molar-refractivity contribution in [1.29, 1.82) is 0 Å². The molecule has 3 aromatic rings. The van der Waals surface area contributed by atoms with Crippen molar-refractivity contribution in [1.82, 2.24) is 29.4 Å². The van der Waals surface area contributed by atoms with Gasteiger partial charge in [-0.2, -0.15) is 10.2 Å². The molecule has 0 bridgehead atoms. The highest BCUT2D eigenvalue weighted by Crippen LogP contribution is 2.45. The summed E-state index contributed by atoms with van der Waals surface area (Å²) in [4.78, 5) is 31.0. The van der Waals surface area contributed by atoms with Gasteiger partial charge in [0.15, 0.2) is 5.82 Å². The molecule has 3 aliphatic heterocycles. The number of benzene rings is 1. The standard InChI is InChI=1S/C39H53F2N7O3/c1-25(49)46-18-14-34-33(24-46)37(47-15-6-7-28-20-31(29-22-42-44(5)23-29)32(36(40)41)21-35(28)47)43-48(34)30-10-8-26(9-11-30)19-27-12-16-45(17-13-27)38(50)51-39(2,3)4/h20-23,26-27,30,36H,6-19,24H2,1-5H3. The lowest BCUT2D eigenvalue weighted by Crippen LogP contribution is -2.42. The van der Waals surface area contributed by atoms with E-state index in [0.717, 1.165) is 93.5 Å². The molecule has 0 spiro atoms. The average Bonchev–Trinajstić information content (AvgIpc) is 3.70. The summed E-state index contributed by atoms with van der Waals surface area (Å²) in [6.07, 6.45) is 10.6. The minimum atomic E-state index is -2.64. The fourth-order valence-corrected chi connectivity index (χ4v) is 8.85. The second-order valence-electron chi connectivity index (χ2n) is 16.2. The van der Waals surface area contributed by atoms with Gasteiger partial charge in [0.1, 0.15) is 5.60 Å². The molecule has 5 heterocycles. The van der Waals surface area contributed by atoms with Crippen molar-refractivity contribution >= 4 is 23.5 Å². The molecule has 10 nitrogen and oxygen atoms in total. The first-order chi connectivity index (χ1) is 24.3. The van der Waals surface area contributed by atoms with Crippen molar-refractivity contribution in [3.8, 4) is 11.1 Å². The molecule has 0 atom stereocenters. The lowest BCUT2D eigenvalue weighted by Gasteiger charge is -2.36. The summed E-state index contributed by atoms with van der Waals surface area (Å²) >= 11 is 0. The van der Waals surface area contributed by atoms with Crippen LogP contribution < -0.4 is 4.90 Å². The van der Waals surface area contributed by atoms with Crippen molar-refractivity contribution in [2.24, 2.45) is 18.9 Å². The smallest absolute Gasteiger partial charge is 0.410 e. The molecule has 4 aliphatic rings. The Kier molecular flexibility index (Phi) is 9.88. The van der Waals surface area contributed by atoms with Gasteiger partial charge < -0.3 is 19.4 Å². The Morgan fingerprint density at radius 2 is 1.69 bits per heavy atom. The number of alkyl halides is 2. The zero-order valence-electron chi connectivity index (χ0n) is 30.8. The number of rotatable bonds is 6. The number of hydrogen-bond donors (Lipinski definition) is 0. The van der Waals surface area contributed by atoms with E-state index in [4.69, 9.17) is 9.84 Å². The summed E-state index contributed by atoms with van der Waals surface area (Å²) in [6, 6.07) is 3.87. The Hall–Kier alpha value is -3.96. The van der Waals surface area contributed by atoms with Crippen molar-refractivity contribution < 1.29 is 23.1 Å². The van der Waals surface area contributed by atoms with Gasteiger partial charge in [-0.25, -0.2) is 13.6 Å². The molecule has 2 fully saturated rings. The first kappa shape index (κ1) is 35.4. The molecule has 0 unspecified atom stereocenters. The molecule has 1 saturated heterocycles. The van der Waals surface area contributed by atoms with E-state index < -0.39 is 12.0 Å². The van der Waals surface area contributed by atoms with Crippen LogP contribution in [-0.4, -0.2) is 73.1 Å². The van der Waals surface area contributed by atoms with Gasteiger partial charge >= 0.3 is 6.09 Å². The summed E-state index contributed by atoms with van der Waals surface area (Å²) in [6.45, 7) is 10.7. The quantitative estimate of drug-likeness (QED) is 0.259. The summed E-state index contributed by atoms with van der Waals surface area (Å²) in [7, 11) is 1.79. The molecular weight excluding hydrogens is 652 g/mol. The van der Waals surface area contributed by atoms with Gasteiger partial charge in [-0.05, 0) is 114 Å². The monoisotopic (exact) mass is 705 g/mol. The van der Waals surface area contributed by atoms with E-state index >= 15 is 0 Å². The first-order valence-corrected chi connectivity index (χ1v) is 18.9. The zero-order chi connectivity index (χ0) is 36.0. The first-order valence-electron chi connectivity index (χ1n) is 18.9. The molecule has 1 aromatic carbocycles. The minimum Gasteiger partial charge on any atom is -0.444 e. The predicted octanol–water partition coefficient (Wildman–Crippen LogP) is 7.98. The molecule has 276 valence electrons. The summed E-state index contributed by atoms with van der Waals surface area (Å²) in [5.74, 6) is 2.14. The van der Waals surface area contributed by atoms with Gasteiger partial charge in [0.2, 0.25) is 5.91 Å². The lowest BCUT2D eigenvalue weighted by atomic mass is 9.78. The molecule has 2 aromatic heterocycles. The van der Waals surface area contributed by atoms with Gasteiger partial charge in [-0.15, -0.1) is 0 Å². The van der Waals surface area contributed by atoms with E-state index in [1.807, 2.05) is 36.6 Å². The van der Waals surface area contributed by atoms with Crippen LogP contribution in [0.25, 0.3) is 11.1 Å². The highest BCUT2D eigenvalue weighted by Gasteiger charge is 2.36. The van der Waals surface area contributed by atoms with Gasteiger partial charge in [-0.1, -0.05) is 0 Å². The van der Waals surface area contributed by atoms with Crippen LogP contribution in [0.2, 0.25) is 0 Å². The number of fused-ring (bicyclic) bond motifs is 2. The van der Waals surface area contributed by atoms with Crippen LogP contribution in [0.15, 0.2) is 24.5 Å². The topological polar surface area (TPSA) is 88.7 Å². The SMILES string of the molecule is CC(=O)N1CCc2c(c(N3CCCc4cc(-c5cnn(C)c5)c(C(F)F)cc43)nn2C2CCC(CC3CCN(C(=O)OC(C)(C)C)CC3)CC2)C1.